The van der Waals surface area contributed by atoms with Crippen LogP contribution in [0, 0.1) is 28.7 Å². The molecule has 0 atom stereocenters. The summed E-state index contributed by atoms with van der Waals surface area (Å²) in [5.74, 6) is -3.37. The Morgan fingerprint density at radius 1 is 1.29 bits per heavy atom. The molecule has 0 saturated heterocycles. The Labute approximate surface area is 117 Å². The highest BCUT2D eigenvalue weighted by molar-refractivity contribution is 6.04. The van der Waals surface area contributed by atoms with Crippen molar-refractivity contribution in [2.45, 2.75) is 6.92 Å². The highest BCUT2D eigenvalue weighted by atomic mass is 19.1. The molecular weight excluding hydrogens is 284 g/mol. The summed E-state index contributed by atoms with van der Waals surface area (Å²) in [6.45, 7) is 1.70. The van der Waals surface area contributed by atoms with E-state index in [-0.39, 0.29) is 0 Å². The first-order chi connectivity index (χ1) is 9.88. The number of nitro groups is 1. The summed E-state index contributed by atoms with van der Waals surface area (Å²) in [6.07, 6.45) is 1.44. The van der Waals surface area contributed by atoms with Gasteiger partial charge in [-0.2, -0.15) is 4.39 Å². The van der Waals surface area contributed by atoms with E-state index in [1.807, 2.05) is 0 Å². The number of carbonyl (C=O) groups excluding carboxylic acids is 1. The predicted octanol–water partition coefficient (Wildman–Crippen LogP) is 2.83. The third kappa shape index (κ3) is 3.16. The van der Waals surface area contributed by atoms with E-state index in [0.717, 1.165) is 0 Å². The van der Waals surface area contributed by atoms with Gasteiger partial charge in [0.05, 0.1) is 16.6 Å². The maximum atomic E-state index is 13.7. The van der Waals surface area contributed by atoms with Gasteiger partial charge in [0.25, 0.3) is 5.91 Å². The number of rotatable bonds is 3. The van der Waals surface area contributed by atoms with Gasteiger partial charge < -0.3 is 5.32 Å². The Morgan fingerprint density at radius 2 is 2.00 bits per heavy atom. The Kier molecular flexibility index (Phi) is 3.88. The second-order valence-electron chi connectivity index (χ2n) is 4.18. The van der Waals surface area contributed by atoms with Crippen molar-refractivity contribution in [1.82, 2.24) is 4.98 Å². The molecule has 1 aromatic carbocycles. The molecule has 8 heteroatoms. The molecule has 1 N–H and O–H groups in total. The zero-order chi connectivity index (χ0) is 15.6. The lowest BCUT2D eigenvalue weighted by atomic mass is 10.1. The Balaban J connectivity index is 2.31. The molecule has 0 saturated carbocycles. The first-order valence-corrected chi connectivity index (χ1v) is 5.76. The summed E-state index contributed by atoms with van der Waals surface area (Å²) in [5, 5.41) is 12.8. The maximum absolute atomic E-state index is 13.7. The molecular formula is C13H9F2N3O3. The van der Waals surface area contributed by atoms with Crippen LogP contribution in [0.25, 0.3) is 0 Å². The molecule has 108 valence electrons. The lowest BCUT2D eigenvalue weighted by molar-refractivity contribution is -0.387. The fraction of sp³-hybridized carbons (Fsp3) is 0.0769. The Bertz CT molecular complexity index is 735. The van der Waals surface area contributed by atoms with Crippen molar-refractivity contribution >= 4 is 17.3 Å². The number of hydrogen-bond donors (Lipinski definition) is 1. The smallest absolute Gasteiger partial charge is 0.307 e. The number of pyridine rings is 1. The van der Waals surface area contributed by atoms with Gasteiger partial charge in [0.1, 0.15) is 5.82 Å². The number of carbonyl (C=O) groups is 1. The number of nitro benzene ring substituents is 1. The van der Waals surface area contributed by atoms with Crippen LogP contribution in [0.4, 0.5) is 20.2 Å². The average molecular weight is 293 g/mol. The average Bonchev–Trinajstić information content (AvgIpc) is 2.40. The van der Waals surface area contributed by atoms with Crippen LogP contribution in [0.15, 0.2) is 30.5 Å². The molecule has 2 rings (SSSR count). The normalized spacial score (nSPS) is 10.2. The molecule has 0 bridgehead atoms. The largest absolute Gasteiger partial charge is 0.322 e. The monoisotopic (exact) mass is 293 g/mol. The number of nitrogens with one attached hydrogen (secondary N) is 1. The quantitative estimate of drug-likeness (QED) is 0.696. The maximum Gasteiger partial charge on any atom is 0.307 e. The van der Waals surface area contributed by atoms with Crippen LogP contribution in [0.5, 0.6) is 0 Å². The summed E-state index contributed by atoms with van der Waals surface area (Å²) in [7, 11) is 0. The standard InChI is InChI=1S/C13H9F2N3O3/c1-7-4-8(2-3-16-7)17-13(19)9-5-11(15)12(18(20)21)6-10(9)14/h2-6H,1H3,(H,16,17,19). The van der Waals surface area contributed by atoms with E-state index in [1.54, 1.807) is 6.92 Å². The van der Waals surface area contributed by atoms with Crippen LogP contribution in [0.2, 0.25) is 0 Å². The zero-order valence-electron chi connectivity index (χ0n) is 10.8. The first-order valence-electron chi connectivity index (χ1n) is 5.76. The zero-order valence-corrected chi connectivity index (χ0v) is 10.8. The number of aryl methyl sites for hydroxylation is 1. The highest BCUT2D eigenvalue weighted by Gasteiger charge is 2.22. The third-order valence-corrected chi connectivity index (χ3v) is 2.63. The lowest BCUT2D eigenvalue weighted by Crippen LogP contribution is -2.15. The molecule has 0 fully saturated rings. The molecule has 6 nitrogen and oxygen atoms in total. The van der Waals surface area contributed by atoms with Gasteiger partial charge in [-0.15, -0.1) is 0 Å². The SMILES string of the molecule is Cc1cc(NC(=O)c2cc(F)c([N+](=O)[O-])cc2F)ccn1. The van der Waals surface area contributed by atoms with Gasteiger partial charge in [-0.3, -0.25) is 19.9 Å². The molecule has 2 aromatic rings. The Hall–Kier alpha value is -2.90. The summed E-state index contributed by atoms with van der Waals surface area (Å²) < 4.78 is 27.1. The van der Waals surface area contributed by atoms with E-state index in [9.17, 15) is 23.7 Å². The lowest BCUT2D eigenvalue weighted by Gasteiger charge is -2.07. The summed E-state index contributed by atoms with van der Waals surface area (Å²) >= 11 is 0. The van der Waals surface area contributed by atoms with Crippen molar-refractivity contribution in [2.24, 2.45) is 0 Å². The van der Waals surface area contributed by atoms with E-state index in [2.05, 4.69) is 10.3 Å². The summed E-state index contributed by atoms with van der Waals surface area (Å²) in [4.78, 5) is 25.2. The van der Waals surface area contributed by atoms with Gasteiger partial charge >= 0.3 is 5.69 Å². The number of aromatic nitrogens is 1. The molecule has 0 aliphatic heterocycles. The first kappa shape index (κ1) is 14.5. The van der Waals surface area contributed by atoms with Crippen LogP contribution in [0.3, 0.4) is 0 Å². The van der Waals surface area contributed by atoms with Crippen molar-refractivity contribution in [3.8, 4) is 0 Å². The van der Waals surface area contributed by atoms with Crippen LogP contribution in [0.1, 0.15) is 16.1 Å². The van der Waals surface area contributed by atoms with E-state index >= 15 is 0 Å². The van der Waals surface area contributed by atoms with Gasteiger partial charge in [-0.25, -0.2) is 4.39 Å². The van der Waals surface area contributed by atoms with Gasteiger partial charge in [0.15, 0.2) is 0 Å². The van der Waals surface area contributed by atoms with Crippen molar-refractivity contribution < 1.29 is 18.5 Å². The van der Waals surface area contributed by atoms with E-state index in [4.69, 9.17) is 0 Å². The fourth-order valence-corrected chi connectivity index (χ4v) is 1.67. The van der Waals surface area contributed by atoms with E-state index < -0.39 is 33.7 Å². The minimum absolute atomic E-state index is 0.352. The van der Waals surface area contributed by atoms with Crippen LogP contribution < -0.4 is 5.32 Å². The van der Waals surface area contributed by atoms with Crippen LogP contribution >= 0.6 is 0 Å². The molecule has 0 unspecified atom stereocenters. The van der Waals surface area contributed by atoms with Gasteiger partial charge in [0.2, 0.25) is 5.82 Å². The Morgan fingerprint density at radius 3 is 2.62 bits per heavy atom. The highest BCUT2D eigenvalue weighted by Crippen LogP contribution is 2.22. The molecule has 21 heavy (non-hydrogen) atoms. The van der Waals surface area contributed by atoms with Gasteiger partial charge in [-0.1, -0.05) is 0 Å². The van der Waals surface area contributed by atoms with Crippen LogP contribution in [-0.2, 0) is 0 Å². The summed E-state index contributed by atoms with van der Waals surface area (Å²) in [5.41, 5.74) is -0.662. The molecule has 0 aliphatic carbocycles. The predicted molar refractivity (Wildman–Crippen MR) is 69.9 cm³/mol. The molecule has 1 aromatic heterocycles. The molecule has 1 heterocycles. The van der Waals surface area contributed by atoms with Crippen molar-refractivity contribution in [3.63, 3.8) is 0 Å². The number of hydrogen-bond acceptors (Lipinski definition) is 4. The third-order valence-electron chi connectivity index (χ3n) is 2.63. The van der Waals surface area contributed by atoms with E-state index in [0.29, 0.717) is 23.5 Å². The number of halogens is 2. The fourth-order valence-electron chi connectivity index (χ4n) is 1.67. The molecule has 1 amide bonds. The van der Waals surface area contributed by atoms with Crippen molar-refractivity contribution in [2.75, 3.05) is 5.32 Å². The van der Waals surface area contributed by atoms with Crippen LogP contribution in [-0.4, -0.2) is 15.8 Å². The number of amides is 1. The minimum Gasteiger partial charge on any atom is -0.322 e. The summed E-state index contributed by atoms with van der Waals surface area (Å²) in [6, 6.07) is 3.89. The van der Waals surface area contributed by atoms with Crippen molar-refractivity contribution in [1.29, 1.82) is 0 Å². The van der Waals surface area contributed by atoms with Gasteiger partial charge in [0, 0.05) is 17.6 Å². The van der Waals surface area contributed by atoms with Gasteiger partial charge in [-0.05, 0) is 25.1 Å². The van der Waals surface area contributed by atoms with E-state index in [1.165, 1.54) is 18.3 Å². The second kappa shape index (κ2) is 5.61. The number of nitrogens with zero attached hydrogens (tertiary/aromatic N) is 2. The number of benzene rings is 1. The second-order valence-corrected chi connectivity index (χ2v) is 4.18. The van der Waals surface area contributed by atoms with Crippen molar-refractivity contribution in [3.05, 3.63) is 63.5 Å². The topological polar surface area (TPSA) is 85.1 Å². The minimum atomic E-state index is -1.28. The number of anilines is 1. The molecule has 0 aliphatic rings. The molecule has 0 spiro atoms. The molecule has 0 radical (unpaired) electrons.